The minimum atomic E-state index is 0.472. The number of rotatable bonds is 1. The van der Waals surface area contributed by atoms with Crippen molar-refractivity contribution in [3.8, 4) is 0 Å². The first-order valence-corrected chi connectivity index (χ1v) is 4.46. The van der Waals surface area contributed by atoms with Crippen LogP contribution in [0, 0.1) is 0 Å². The molecule has 2 heterocycles. The Morgan fingerprint density at radius 3 is 2.77 bits per heavy atom. The topological polar surface area (TPSA) is 30.7 Å². The van der Waals surface area contributed by atoms with E-state index in [1.54, 1.807) is 0 Å². The van der Waals surface area contributed by atoms with Crippen molar-refractivity contribution < 1.29 is 0 Å². The molecule has 0 spiro atoms. The predicted molar refractivity (Wildman–Crippen MR) is 52.6 cm³/mol. The van der Waals surface area contributed by atoms with Crippen LogP contribution in [0.4, 0.5) is 0 Å². The zero-order valence-electron chi connectivity index (χ0n) is 8.15. The van der Waals surface area contributed by atoms with Crippen LogP contribution >= 0.6 is 0 Å². The van der Waals surface area contributed by atoms with Crippen LogP contribution in [0.5, 0.6) is 0 Å². The van der Waals surface area contributed by atoms with Gasteiger partial charge >= 0.3 is 0 Å². The molecule has 68 valence electrons. The summed E-state index contributed by atoms with van der Waals surface area (Å²) >= 11 is 0. The average molecular weight is 175 g/mol. The fraction of sp³-hybridized carbons (Fsp3) is 0.400. The molecule has 0 aliphatic heterocycles. The minimum absolute atomic E-state index is 0.472. The minimum Gasteiger partial charge on any atom is -0.268 e. The normalized spacial score (nSPS) is 11.4. The monoisotopic (exact) mass is 175 g/mol. The van der Waals surface area contributed by atoms with Crippen molar-refractivity contribution in [2.45, 2.75) is 19.8 Å². The van der Waals surface area contributed by atoms with Crippen molar-refractivity contribution in [1.29, 1.82) is 0 Å². The van der Waals surface area contributed by atoms with Crippen LogP contribution in [-0.2, 0) is 7.05 Å². The SMILES string of the molecule is CC(C)c1cc2c(cn1)cnn2C. The summed E-state index contributed by atoms with van der Waals surface area (Å²) in [5.74, 6) is 0.472. The van der Waals surface area contributed by atoms with Gasteiger partial charge in [0.25, 0.3) is 0 Å². The highest BCUT2D eigenvalue weighted by Gasteiger charge is 2.04. The first kappa shape index (κ1) is 8.23. The molecule has 0 radical (unpaired) electrons. The first-order chi connectivity index (χ1) is 6.18. The quantitative estimate of drug-likeness (QED) is 0.664. The third-order valence-electron chi connectivity index (χ3n) is 2.24. The fourth-order valence-corrected chi connectivity index (χ4v) is 1.38. The molecule has 0 bridgehead atoms. The maximum Gasteiger partial charge on any atom is 0.0712 e. The number of pyridine rings is 1. The van der Waals surface area contributed by atoms with Gasteiger partial charge in [0.2, 0.25) is 0 Å². The second kappa shape index (κ2) is 2.83. The number of hydrogen-bond acceptors (Lipinski definition) is 2. The van der Waals surface area contributed by atoms with Gasteiger partial charge < -0.3 is 0 Å². The summed E-state index contributed by atoms with van der Waals surface area (Å²) in [4.78, 5) is 4.37. The molecule has 0 saturated heterocycles. The Morgan fingerprint density at radius 2 is 2.08 bits per heavy atom. The highest BCUT2D eigenvalue weighted by molar-refractivity contribution is 5.77. The van der Waals surface area contributed by atoms with E-state index in [4.69, 9.17) is 0 Å². The number of nitrogens with zero attached hydrogens (tertiary/aromatic N) is 3. The zero-order chi connectivity index (χ0) is 9.42. The zero-order valence-corrected chi connectivity index (χ0v) is 8.15. The number of aromatic nitrogens is 3. The van der Waals surface area contributed by atoms with Crippen LogP contribution in [0.1, 0.15) is 25.5 Å². The number of hydrogen-bond donors (Lipinski definition) is 0. The van der Waals surface area contributed by atoms with Crippen LogP contribution in [0.25, 0.3) is 10.9 Å². The van der Waals surface area contributed by atoms with E-state index in [1.807, 2.05) is 24.1 Å². The molecule has 2 rings (SSSR count). The summed E-state index contributed by atoms with van der Waals surface area (Å²) in [5, 5.41) is 5.28. The predicted octanol–water partition coefficient (Wildman–Crippen LogP) is 2.09. The molecule has 0 saturated carbocycles. The van der Waals surface area contributed by atoms with Crippen LogP contribution in [-0.4, -0.2) is 14.8 Å². The van der Waals surface area contributed by atoms with E-state index in [1.165, 1.54) is 0 Å². The molecular weight excluding hydrogens is 162 g/mol. The highest BCUT2D eigenvalue weighted by atomic mass is 15.2. The van der Waals surface area contributed by atoms with Gasteiger partial charge in [0, 0.05) is 24.3 Å². The molecule has 0 N–H and O–H groups in total. The Kier molecular flexibility index (Phi) is 1.79. The molecule has 0 aliphatic rings. The molecular formula is C10H13N3. The number of aryl methyl sites for hydroxylation is 1. The number of fused-ring (bicyclic) bond motifs is 1. The van der Waals surface area contributed by atoms with Gasteiger partial charge in [-0.15, -0.1) is 0 Å². The second-order valence-electron chi connectivity index (χ2n) is 3.59. The van der Waals surface area contributed by atoms with Crippen molar-refractivity contribution in [2.24, 2.45) is 7.05 Å². The van der Waals surface area contributed by atoms with E-state index in [0.717, 1.165) is 16.6 Å². The molecule has 13 heavy (non-hydrogen) atoms. The first-order valence-electron chi connectivity index (χ1n) is 4.46. The molecule has 2 aromatic rings. The van der Waals surface area contributed by atoms with Gasteiger partial charge in [0.05, 0.1) is 11.7 Å². The lowest BCUT2D eigenvalue weighted by Gasteiger charge is -2.03. The van der Waals surface area contributed by atoms with E-state index in [0.29, 0.717) is 5.92 Å². The summed E-state index contributed by atoms with van der Waals surface area (Å²) in [5.41, 5.74) is 2.27. The lowest BCUT2D eigenvalue weighted by molar-refractivity contribution is 0.789. The van der Waals surface area contributed by atoms with Gasteiger partial charge in [-0.2, -0.15) is 5.10 Å². The highest BCUT2D eigenvalue weighted by Crippen LogP contribution is 2.17. The lowest BCUT2D eigenvalue weighted by Crippen LogP contribution is -1.94. The lowest BCUT2D eigenvalue weighted by atomic mass is 10.1. The van der Waals surface area contributed by atoms with Crippen molar-refractivity contribution in [3.63, 3.8) is 0 Å². The largest absolute Gasteiger partial charge is 0.268 e. The molecule has 2 aromatic heterocycles. The Morgan fingerprint density at radius 1 is 1.31 bits per heavy atom. The van der Waals surface area contributed by atoms with E-state index >= 15 is 0 Å². The van der Waals surface area contributed by atoms with Gasteiger partial charge in [-0.05, 0) is 12.0 Å². The Labute approximate surface area is 77.4 Å². The van der Waals surface area contributed by atoms with Gasteiger partial charge in [0.15, 0.2) is 0 Å². The van der Waals surface area contributed by atoms with E-state index in [2.05, 4.69) is 30.0 Å². The van der Waals surface area contributed by atoms with Crippen molar-refractivity contribution >= 4 is 10.9 Å². The Balaban J connectivity index is 2.66. The summed E-state index contributed by atoms with van der Waals surface area (Å²) in [6.45, 7) is 4.29. The molecule has 0 aromatic carbocycles. The molecule has 0 amide bonds. The molecule has 0 unspecified atom stereocenters. The standard InChI is InChI=1S/C10H13N3/c1-7(2)9-4-10-8(5-11-9)6-12-13(10)3/h4-7H,1-3H3. The smallest absolute Gasteiger partial charge is 0.0712 e. The van der Waals surface area contributed by atoms with Crippen LogP contribution in [0.3, 0.4) is 0 Å². The second-order valence-corrected chi connectivity index (χ2v) is 3.59. The van der Waals surface area contributed by atoms with Gasteiger partial charge in [-0.1, -0.05) is 13.8 Å². The third-order valence-corrected chi connectivity index (χ3v) is 2.24. The summed E-state index contributed by atoms with van der Waals surface area (Å²) < 4.78 is 1.88. The molecule has 3 nitrogen and oxygen atoms in total. The van der Waals surface area contributed by atoms with Crippen molar-refractivity contribution in [1.82, 2.24) is 14.8 Å². The maximum absolute atomic E-state index is 4.37. The van der Waals surface area contributed by atoms with Crippen LogP contribution < -0.4 is 0 Å². The van der Waals surface area contributed by atoms with E-state index < -0.39 is 0 Å². The summed E-state index contributed by atoms with van der Waals surface area (Å²) in [6.07, 6.45) is 3.73. The van der Waals surface area contributed by atoms with Gasteiger partial charge in [-0.3, -0.25) is 9.67 Å². The van der Waals surface area contributed by atoms with Gasteiger partial charge in [0.1, 0.15) is 0 Å². The van der Waals surface area contributed by atoms with Crippen molar-refractivity contribution in [2.75, 3.05) is 0 Å². The fourth-order valence-electron chi connectivity index (χ4n) is 1.38. The van der Waals surface area contributed by atoms with Crippen LogP contribution in [0.2, 0.25) is 0 Å². The van der Waals surface area contributed by atoms with Gasteiger partial charge in [-0.25, -0.2) is 0 Å². The molecule has 0 aliphatic carbocycles. The summed E-state index contributed by atoms with van der Waals surface area (Å²) in [7, 11) is 1.95. The van der Waals surface area contributed by atoms with Crippen LogP contribution in [0.15, 0.2) is 18.5 Å². The Hall–Kier alpha value is -1.38. The molecule has 0 fully saturated rings. The average Bonchev–Trinajstić information content (AvgIpc) is 2.47. The van der Waals surface area contributed by atoms with E-state index in [-0.39, 0.29) is 0 Å². The third kappa shape index (κ3) is 1.30. The Bertz CT molecular complexity index is 429. The molecule has 3 heteroatoms. The molecule has 0 atom stereocenters. The van der Waals surface area contributed by atoms with E-state index in [9.17, 15) is 0 Å². The maximum atomic E-state index is 4.37. The summed E-state index contributed by atoms with van der Waals surface area (Å²) in [6, 6.07) is 2.10. The van der Waals surface area contributed by atoms with Crippen molar-refractivity contribution in [3.05, 3.63) is 24.2 Å².